The summed E-state index contributed by atoms with van der Waals surface area (Å²) in [6.45, 7) is 3.16. The van der Waals surface area contributed by atoms with E-state index in [1.54, 1.807) is 0 Å². The van der Waals surface area contributed by atoms with E-state index >= 15 is 0 Å². The van der Waals surface area contributed by atoms with Crippen LogP contribution in [0, 0.1) is 0 Å². The molecule has 0 saturated carbocycles. The van der Waals surface area contributed by atoms with Crippen molar-refractivity contribution in [1.82, 2.24) is 0 Å². The van der Waals surface area contributed by atoms with Crippen molar-refractivity contribution in [3.63, 3.8) is 0 Å². The van der Waals surface area contributed by atoms with Crippen molar-refractivity contribution in [3.05, 3.63) is 30.3 Å². The Kier molecular flexibility index (Phi) is 34.9. The Morgan fingerprint density at radius 2 is 0.882 bits per heavy atom. The number of unbranched alkanes of at least 4 members (excludes halogenated alkanes) is 17. The standard InChI is InChI=1S/C26H46O.2Na.H2O4S/c1-2-3-4-5-6-7-8-9-10-11-12-13-14-15-16-17-18-22-25-27-26-23-20-19-21-24-26;;;1-5(2,3)4/h19-21,23-24H,2-18,22,25H2,1H3;;;(H2,1,2,3,4)/q;2*+1;/p-2. The number of hydrogen-bond donors (Lipinski definition) is 0. The van der Waals surface area contributed by atoms with Crippen LogP contribution < -0.4 is 63.9 Å². The first-order valence-corrected chi connectivity index (χ1v) is 14.1. The van der Waals surface area contributed by atoms with Crippen LogP contribution in [-0.4, -0.2) is 24.1 Å². The van der Waals surface area contributed by atoms with Gasteiger partial charge in [0.05, 0.1) is 6.61 Å². The molecule has 188 valence electrons. The van der Waals surface area contributed by atoms with Crippen LogP contribution in [0.3, 0.4) is 0 Å². The molecule has 0 aromatic heterocycles. The average Bonchev–Trinajstić information content (AvgIpc) is 2.75. The Morgan fingerprint density at radius 1 is 0.588 bits per heavy atom. The Hall–Kier alpha value is 0.890. The van der Waals surface area contributed by atoms with Gasteiger partial charge in [0, 0.05) is 10.4 Å². The van der Waals surface area contributed by atoms with Gasteiger partial charge in [-0.15, -0.1) is 0 Å². The zero-order valence-corrected chi connectivity index (χ0v) is 27.1. The van der Waals surface area contributed by atoms with Gasteiger partial charge in [-0.1, -0.05) is 134 Å². The molecule has 0 spiro atoms. The third-order valence-corrected chi connectivity index (χ3v) is 5.51. The first kappa shape index (κ1) is 39.4. The van der Waals surface area contributed by atoms with Gasteiger partial charge in [-0.05, 0) is 18.6 Å². The monoisotopic (exact) mass is 516 g/mol. The van der Waals surface area contributed by atoms with Gasteiger partial charge in [0.1, 0.15) is 5.75 Å². The van der Waals surface area contributed by atoms with Crippen molar-refractivity contribution in [2.24, 2.45) is 0 Å². The fourth-order valence-electron chi connectivity index (χ4n) is 3.71. The molecule has 34 heavy (non-hydrogen) atoms. The van der Waals surface area contributed by atoms with E-state index in [-0.39, 0.29) is 59.1 Å². The molecule has 1 aromatic rings. The minimum absolute atomic E-state index is 0. The first-order chi connectivity index (χ1) is 15.4. The fourth-order valence-corrected chi connectivity index (χ4v) is 3.71. The number of rotatable bonds is 20. The van der Waals surface area contributed by atoms with Crippen molar-refractivity contribution in [3.8, 4) is 5.75 Å². The second-order valence-electron chi connectivity index (χ2n) is 8.58. The fraction of sp³-hybridized carbons (Fsp3) is 0.769. The van der Waals surface area contributed by atoms with E-state index in [1.165, 1.54) is 116 Å². The molecule has 5 nitrogen and oxygen atoms in total. The predicted molar refractivity (Wildman–Crippen MR) is 131 cm³/mol. The van der Waals surface area contributed by atoms with Crippen LogP contribution >= 0.6 is 0 Å². The van der Waals surface area contributed by atoms with Gasteiger partial charge in [-0.25, -0.2) is 0 Å². The molecular formula is C26H46Na2O5S. The van der Waals surface area contributed by atoms with Crippen molar-refractivity contribution in [2.75, 3.05) is 6.61 Å². The van der Waals surface area contributed by atoms with Crippen LogP contribution in [0.4, 0.5) is 0 Å². The number of hydrogen-bond acceptors (Lipinski definition) is 5. The molecule has 0 aliphatic carbocycles. The van der Waals surface area contributed by atoms with Crippen molar-refractivity contribution >= 4 is 10.4 Å². The zero-order chi connectivity index (χ0) is 23.8. The Labute approximate surface area is 254 Å². The Bertz CT molecular complexity index is 592. The van der Waals surface area contributed by atoms with Crippen LogP contribution in [0.2, 0.25) is 0 Å². The third-order valence-electron chi connectivity index (χ3n) is 5.51. The Morgan fingerprint density at radius 3 is 1.21 bits per heavy atom. The maximum atomic E-state index is 8.52. The topological polar surface area (TPSA) is 89.5 Å². The van der Waals surface area contributed by atoms with Gasteiger partial charge >= 0.3 is 59.1 Å². The summed E-state index contributed by atoms with van der Waals surface area (Å²) in [6, 6.07) is 10.2. The van der Waals surface area contributed by atoms with Crippen molar-refractivity contribution in [1.29, 1.82) is 0 Å². The molecule has 1 rings (SSSR count). The zero-order valence-electron chi connectivity index (χ0n) is 22.3. The third kappa shape index (κ3) is 37.4. The summed E-state index contributed by atoms with van der Waals surface area (Å²) in [7, 11) is -5.17. The number of ether oxygens (including phenoxy) is 1. The molecule has 0 radical (unpaired) electrons. The molecule has 0 unspecified atom stereocenters. The first-order valence-electron chi connectivity index (χ1n) is 12.8. The minimum Gasteiger partial charge on any atom is -0.759 e. The van der Waals surface area contributed by atoms with Gasteiger partial charge < -0.3 is 13.8 Å². The summed E-state index contributed by atoms with van der Waals surface area (Å²) in [5.74, 6) is 1.00. The SMILES string of the molecule is CCCCCCCCCCCCCCCCCCCCOc1ccccc1.O=S(=O)([O-])[O-].[Na+].[Na+]. The van der Waals surface area contributed by atoms with E-state index in [2.05, 4.69) is 6.92 Å². The van der Waals surface area contributed by atoms with E-state index in [1.807, 2.05) is 30.3 Å². The smallest absolute Gasteiger partial charge is 0.759 e. The van der Waals surface area contributed by atoms with E-state index < -0.39 is 10.4 Å². The van der Waals surface area contributed by atoms with Crippen LogP contribution in [0.1, 0.15) is 122 Å². The summed E-state index contributed by atoms with van der Waals surface area (Å²) < 4.78 is 39.8. The van der Waals surface area contributed by atoms with Gasteiger partial charge in [0.2, 0.25) is 0 Å². The maximum Gasteiger partial charge on any atom is 1.00 e. The normalized spacial score (nSPS) is 10.4. The molecule has 0 aliphatic rings. The summed E-state index contributed by atoms with van der Waals surface area (Å²) in [4.78, 5) is 0. The van der Waals surface area contributed by atoms with Crippen LogP contribution in [0.5, 0.6) is 5.75 Å². The van der Waals surface area contributed by atoms with Crippen molar-refractivity contribution < 1.29 is 81.4 Å². The second kappa shape index (κ2) is 30.1. The molecular weight excluding hydrogens is 470 g/mol. The van der Waals surface area contributed by atoms with Gasteiger partial charge in [0.15, 0.2) is 0 Å². The van der Waals surface area contributed by atoms with E-state index in [9.17, 15) is 0 Å². The van der Waals surface area contributed by atoms with Gasteiger partial charge in [0.25, 0.3) is 0 Å². The summed E-state index contributed by atoms with van der Waals surface area (Å²) in [5.41, 5.74) is 0. The molecule has 0 bridgehead atoms. The van der Waals surface area contributed by atoms with Crippen LogP contribution in [-0.2, 0) is 10.4 Å². The van der Waals surface area contributed by atoms with Crippen LogP contribution in [0.15, 0.2) is 30.3 Å². The molecule has 0 amide bonds. The minimum atomic E-state index is -5.17. The maximum absolute atomic E-state index is 8.52. The molecule has 0 aliphatic heterocycles. The molecule has 1 aromatic carbocycles. The summed E-state index contributed by atoms with van der Waals surface area (Å²) in [6.07, 6.45) is 25.6. The van der Waals surface area contributed by atoms with Gasteiger partial charge in [-0.2, -0.15) is 0 Å². The largest absolute Gasteiger partial charge is 1.00 e. The molecule has 8 heteroatoms. The van der Waals surface area contributed by atoms with Gasteiger partial charge in [-0.3, -0.25) is 8.42 Å². The summed E-state index contributed by atoms with van der Waals surface area (Å²) in [5, 5.41) is 0. The number of benzene rings is 1. The summed E-state index contributed by atoms with van der Waals surface area (Å²) >= 11 is 0. The average molecular weight is 517 g/mol. The van der Waals surface area contributed by atoms with E-state index in [0.717, 1.165) is 12.4 Å². The van der Waals surface area contributed by atoms with E-state index in [0.29, 0.717) is 0 Å². The molecule has 0 saturated heterocycles. The number of para-hydroxylation sites is 1. The van der Waals surface area contributed by atoms with E-state index in [4.69, 9.17) is 22.3 Å². The quantitative estimate of drug-likeness (QED) is 0.114. The molecule has 0 fully saturated rings. The predicted octanol–water partition coefficient (Wildman–Crippen LogP) is 1.78. The van der Waals surface area contributed by atoms with Crippen molar-refractivity contribution in [2.45, 2.75) is 122 Å². The molecule has 0 N–H and O–H groups in total. The molecule has 0 heterocycles. The molecule has 0 atom stereocenters. The second-order valence-corrected chi connectivity index (χ2v) is 9.40. The van der Waals surface area contributed by atoms with Crippen LogP contribution in [0.25, 0.3) is 0 Å². The Balaban J connectivity index is -0.00000124.